The molecule has 1 heterocycles. The molecular weight excluding hydrogens is 304 g/mol. The summed E-state index contributed by atoms with van der Waals surface area (Å²) in [5.74, 6) is -0.0831. The third kappa shape index (κ3) is 2.46. The van der Waals surface area contributed by atoms with Crippen LogP contribution in [0.15, 0.2) is 48.5 Å². The molecule has 24 heavy (non-hydrogen) atoms. The quantitative estimate of drug-likeness (QED) is 0.875. The Balaban J connectivity index is 2.22. The summed E-state index contributed by atoms with van der Waals surface area (Å²) in [6.45, 7) is 3.89. The number of methoxy groups -OCH3 is 2. The van der Waals surface area contributed by atoms with Crippen LogP contribution in [0.2, 0.25) is 0 Å². The third-order valence-electron chi connectivity index (χ3n) is 4.46. The number of nitrogens with zero attached hydrogens (tertiary/aromatic N) is 1. The fourth-order valence-corrected chi connectivity index (χ4v) is 3.33. The first-order valence-corrected chi connectivity index (χ1v) is 7.86. The predicted octanol–water partition coefficient (Wildman–Crippen LogP) is 3.40. The summed E-state index contributed by atoms with van der Waals surface area (Å²) in [6.07, 6.45) is -0.644. The van der Waals surface area contributed by atoms with E-state index in [9.17, 15) is 4.79 Å². The van der Waals surface area contributed by atoms with Crippen LogP contribution in [-0.2, 0) is 9.47 Å². The molecule has 1 aliphatic heterocycles. The smallest absolute Gasteiger partial charge is 0.262 e. The SMILES string of the molecule is COC(OC)[C@@]1(C)Nc2ccccc2C(=O)N1c1ccccc1C. The fourth-order valence-electron chi connectivity index (χ4n) is 3.33. The van der Waals surface area contributed by atoms with Gasteiger partial charge in [-0.05, 0) is 37.6 Å². The van der Waals surface area contributed by atoms with Crippen molar-refractivity contribution in [2.45, 2.75) is 25.8 Å². The lowest BCUT2D eigenvalue weighted by molar-refractivity contribution is -0.135. The van der Waals surface area contributed by atoms with E-state index in [4.69, 9.17) is 9.47 Å². The van der Waals surface area contributed by atoms with Gasteiger partial charge in [0.05, 0.1) is 5.56 Å². The van der Waals surface area contributed by atoms with Crippen LogP contribution in [0.3, 0.4) is 0 Å². The molecule has 2 aromatic rings. The number of benzene rings is 2. The van der Waals surface area contributed by atoms with Gasteiger partial charge in [0.1, 0.15) is 0 Å². The molecule has 0 saturated heterocycles. The molecule has 1 atom stereocenters. The fraction of sp³-hybridized carbons (Fsp3) is 0.316. The number of para-hydroxylation sites is 2. The number of anilines is 2. The largest absolute Gasteiger partial charge is 0.358 e. The molecular formula is C19H22N2O3. The van der Waals surface area contributed by atoms with E-state index in [0.717, 1.165) is 16.9 Å². The van der Waals surface area contributed by atoms with Crippen LogP contribution in [0, 0.1) is 6.92 Å². The maximum atomic E-state index is 13.3. The Morgan fingerprint density at radius 2 is 1.67 bits per heavy atom. The highest BCUT2D eigenvalue weighted by Gasteiger charge is 2.48. The number of ether oxygens (including phenoxy) is 2. The normalized spacial score (nSPS) is 20.0. The van der Waals surface area contributed by atoms with E-state index in [1.165, 1.54) is 0 Å². The zero-order valence-corrected chi connectivity index (χ0v) is 14.4. The number of nitrogens with one attached hydrogen (secondary N) is 1. The minimum atomic E-state index is -0.888. The molecule has 1 aliphatic rings. The van der Waals surface area contributed by atoms with Gasteiger partial charge in [0.15, 0.2) is 12.0 Å². The van der Waals surface area contributed by atoms with Gasteiger partial charge in [0.25, 0.3) is 5.91 Å². The van der Waals surface area contributed by atoms with E-state index in [-0.39, 0.29) is 5.91 Å². The summed E-state index contributed by atoms with van der Waals surface area (Å²) in [7, 11) is 3.14. The Morgan fingerprint density at radius 3 is 2.33 bits per heavy atom. The Labute approximate surface area is 142 Å². The van der Waals surface area contributed by atoms with E-state index in [0.29, 0.717) is 5.56 Å². The number of hydrogen-bond donors (Lipinski definition) is 1. The van der Waals surface area contributed by atoms with Gasteiger partial charge in [-0.25, -0.2) is 0 Å². The molecule has 0 unspecified atom stereocenters. The lowest BCUT2D eigenvalue weighted by atomic mass is 9.97. The number of amides is 1. The van der Waals surface area contributed by atoms with Gasteiger partial charge in [-0.15, -0.1) is 0 Å². The molecule has 1 amide bonds. The topological polar surface area (TPSA) is 50.8 Å². The highest BCUT2D eigenvalue weighted by Crippen LogP contribution is 2.38. The van der Waals surface area contributed by atoms with Gasteiger partial charge in [-0.3, -0.25) is 9.69 Å². The monoisotopic (exact) mass is 326 g/mol. The van der Waals surface area contributed by atoms with Gasteiger partial charge in [0.2, 0.25) is 0 Å². The molecule has 5 nitrogen and oxygen atoms in total. The molecule has 0 spiro atoms. The van der Waals surface area contributed by atoms with Crippen molar-refractivity contribution in [3.8, 4) is 0 Å². The van der Waals surface area contributed by atoms with Crippen molar-refractivity contribution in [3.05, 3.63) is 59.7 Å². The molecule has 1 N–H and O–H groups in total. The van der Waals surface area contributed by atoms with E-state index >= 15 is 0 Å². The van der Waals surface area contributed by atoms with Crippen molar-refractivity contribution in [1.82, 2.24) is 0 Å². The average molecular weight is 326 g/mol. The molecule has 126 valence electrons. The van der Waals surface area contributed by atoms with Crippen molar-refractivity contribution >= 4 is 17.3 Å². The lowest BCUT2D eigenvalue weighted by Gasteiger charge is -2.49. The van der Waals surface area contributed by atoms with Crippen LogP contribution in [0.5, 0.6) is 0 Å². The zero-order chi connectivity index (χ0) is 17.3. The van der Waals surface area contributed by atoms with Gasteiger partial charge < -0.3 is 14.8 Å². The third-order valence-corrected chi connectivity index (χ3v) is 4.46. The molecule has 0 aromatic heterocycles. The van der Waals surface area contributed by atoms with Crippen LogP contribution in [0.25, 0.3) is 0 Å². The van der Waals surface area contributed by atoms with Crippen LogP contribution in [0.1, 0.15) is 22.8 Å². The number of aryl methyl sites for hydroxylation is 1. The van der Waals surface area contributed by atoms with Crippen LogP contribution in [0.4, 0.5) is 11.4 Å². The summed E-state index contributed by atoms with van der Waals surface area (Å²) in [5.41, 5.74) is 2.34. The molecule has 3 rings (SSSR count). The summed E-state index contributed by atoms with van der Waals surface area (Å²) in [5, 5.41) is 3.44. The Morgan fingerprint density at radius 1 is 1.04 bits per heavy atom. The van der Waals surface area contributed by atoms with Crippen molar-refractivity contribution in [1.29, 1.82) is 0 Å². The molecule has 0 radical (unpaired) electrons. The second-order valence-corrected chi connectivity index (χ2v) is 6.05. The van der Waals surface area contributed by atoms with Gasteiger partial charge in [-0.1, -0.05) is 30.3 Å². The Bertz CT molecular complexity index is 758. The average Bonchev–Trinajstić information content (AvgIpc) is 2.57. The minimum Gasteiger partial charge on any atom is -0.358 e. The summed E-state index contributed by atoms with van der Waals surface area (Å²) >= 11 is 0. The van der Waals surface area contributed by atoms with Crippen LogP contribution >= 0.6 is 0 Å². The zero-order valence-electron chi connectivity index (χ0n) is 14.4. The number of carbonyl (C=O) groups excluding carboxylic acids is 1. The molecule has 5 heteroatoms. The highest BCUT2D eigenvalue weighted by atomic mass is 16.7. The highest BCUT2D eigenvalue weighted by molar-refractivity contribution is 6.13. The lowest BCUT2D eigenvalue weighted by Crippen LogP contribution is -2.66. The van der Waals surface area contributed by atoms with Gasteiger partial charge in [0, 0.05) is 25.6 Å². The van der Waals surface area contributed by atoms with Crippen molar-refractivity contribution in [3.63, 3.8) is 0 Å². The van der Waals surface area contributed by atoms with E-state index < -0.39 is 12.0 Å². The second kappa shape index (κ2) is 6.26. The maximum absolute atomic E-state index is 13.3. The first kappa shape index (κ1) is 16.5. The summed E-state index contributed by atoms with van der Waals surface area (Å²) in [4.78, 5) is 15.0. The number of hydrogen-bond acceptors (Lipinski definition) is 4. The van der Waals surface area contributed by atoms with E-state index in [1.54, 1.807) is 19.1 Å². The van der Waals surface area contributed by atoms with Gasteiger partial charge in [-0.2, -0.15) is 0 Å². The molecule has 0 bridgehead atoms. The summed E-state index contributed by atoms with van der Waals surface area (Å²) in [6, 6.07) is 15.3. The number of rotatable bonds is 4. The maximum Gasteiger partial charge on any atom is 0.262 e. The number of fused-ring (bicyclic) bond motifs is 1. The number of carbonyl (C=O) groups is 1. The van der Waals surface area contributed by atoms with Gasteiger partial charge >= 0.3 is 0 Å². The standard InChI is InChI=1S/C19H22N2O3/c1-13-9-5-8-12-16(13)21-17(22)14-10-6-7-11-15(14)20-19(21,2)18(23-3)24-4/h5-12,18,20H,1-4H3/t19-/m0/s1. The Kier molecular flexibility index (Phi) is 4.30. The minimum absolute atomic E-state index is 0.0831. The molecule has 0 aliphatic carbocycles. The van der Waals surface area contributed by atoms with Crippen molar-refractivity contribution in [2.75, 3.05) is 24.4 Å². The van der Waals surface area contributed by atoms with Crippen molar-refractivity contribution in [2.24, 2.45) is 0 Å². The first-order chi connectivity index (χ1) is 11.5. The van der Waals surface area contributed by atoms with Crippen molar-refractivity contribution < 1.29 is 14.3 Å². The molecule has 0 saturated carbocycles. The predicted molar refractivity (Wildman–Crippen MR) is 94.3 cm³/mol. The first-order valence-electron chi connectivity index (χ1n) is 7.86. The van der Waals surface area contributed by atoms with E-state index in [1.807, 2.05) is 62.4 Å². The van der Waals surface area contributed by atoms with Crippen LogP contribution < -0.4 is 10.2 Å². The second-order valence-electron chi connectivity index (χ2n) is 6.05. The summed E-state index contributed by atoms with van der Waals surface area (Å²) < 4.78 is 11.0. The van der Waals surface area contributed by atoms with Crippen LogP contribution in [-0.4, -0.2) is 32.1 Å². The van der Waals surface area contributed by atoms with E-state index in [2.05, 4.69) is 5.32 Å². The molecule has 2 aromatic carbocycles. The Hall–Kier alpha value is -2.37. The molecule has 0 fully saturated rings.